The maximum atomic E-state index is 3.69. The molecule has 4 bridgehead atoms. The van der Waals surface area contributed by atoms with E-state index in [1.54, 1.807) is 0 Å². The van der Waals surface area contributed by atoms with Crippen molar-refractivity contribution in [3.63, 3.8) is 0 Å². The Hall–Kier alpha value is -1.10. The highest BCUT2D eigenvalue weighted by Crippen LogP contribution is 2.13. The minimum Gasteiger partial charge on any atom is -0.315 e. The third kappa shape index (κ3) is 9.52. The molecule has 2 N–H and O–H groups in total. The van der Waals surface area contributed by atoms with Crippen molar-refractivity contribution in [2.45, 2.75) is 38.8 Å². The number of rotatable bonds is 4. The van der Waals surface area contributed by atoms with E-state index in [-0.39, 0.29) is 0 Å². The first-order valence-electron chi connectivity index (χ1n) is 15.6. The Balaban J connectivity index is 1.10. The quantitative estimate of drug-likeness (QED) is 0.607. The van der Waals surface area contributed by atoms with Crippen LogP contribution in [0.4, 0.5) is 0 Å². The van der Waals surface area contributed by atoms with Gasteiger partial charge < -0.3 is 10.6 Å². The van der Waals surface area contributed by atoms with Gasteiger partial charge in [-0.15, -0.1) is 0 Å². The highest BCUT2D eigenvalue weighted by Gasteiger charge is 2.21. The average molecular weight is 527 g/mol. The molecule has 0 amide bonds. The van der Waals surface area contributed by atoms with Gasteiger partial charge in [-0.25, -0.2) is 0 Å². The van der Waals surface area contributed by atoms with E-state index in [9.17, 15) is 0 Å². The lowest BCUT2D eigenvalue weighted by Crippen LogP contribution is -2.34. The first-order chi connectivity index (χ1) is 18.8. The molecule has 4 fully saturated rings. The fourth-order valence-corrected chi connectivity index (χ4v) is 6.57. The molecular formula is C30H54N8. The van der Waals surface area contributed by atoms with E-state index in [4.69, 9.17) is 0 Å². The van der Waals surface area contributed by atoms with Crippen molar-refractivity contribution in [3.8, 4) is 0 Å². The number of fused-ring (bicyclic) bond motifs is 4. The average Bonchev–Trinajstić information content (AvgIpc) is 3.58. The predicted octanol–water partition coefficient (Wildman–Crippen LogP) is 1.21. The zero-order valence-corrected chi connectivity index (χ0v) is 24.0. The molecule has 38 heavy (non-hydrogen) atoms. The summed E-state index contributed by atoms with van der Waals surface area (Å²) in [5.41, 5.74) is 2.91. The van der Waals surface area contributed by atoms with Gasteiger partial charge in [0.2, 0.25) is 0 Å². The van der Waals surface area contributed by atoms with E-state index >= 15 is 0 Å². The van der Waals surface area contributed by atoms with Crippen LogP contribution >= 0.6 is 0 Å². The first-order valence-corrected chi connectivity index (χ1v) is 15.6. The standard InChI is InChI=1S/C30H54N8/c1-9-31-11-19-33(15-3-17-37-23-21-35(13-1)27-37)25-29-5-7-30(8-6-29)26-34-16-4-18-38-24-22-36(28-38)14-2-10-32-12-20-34/h5-8,31-32H,1-4,9-28H2. The molecule has 0 aromatic heterocycles. The summed E-state index contributed by atoms with van der Waals surface area (Å²) in [5.74, 6) is 0. The van der Waals surface area contributed by atoms with Crippen molar-refractivity contribution in [2.24, 2.45) is 0 Å². The van der Waals surface area contributed by atoms with E-state index in [0.29, 0.717) is 0 Å². The zero-order valence-electron chi connectivity index (χ0n) is 24.0. The topological polar surface area (TPSA) is 43.5 Å². The summed E-state index contributed by atoms with van der Waals surface area (Å²) in [6, 6.07) is 9.56. The van der Waals surface area contributed by atoms with Crippen LogP contribution in [0.25, 0.3) is 0 Å². The molecule has 5 rings (SSSR count). The maximum Gasteiger partial charge on any atom is 0.0507 e. The molecule has 4 heterocycles. The zero-order chi connectivity index (χ0) is 25.8. The van der Waals surface area contributed by atoms with E-state index in [1.165, 1.54) is 116 Å². The van der Waals surface area contributed by atoms with Crippen LogP contribution in [-0.4, -0.2) is 147 Å². The van der Waals surface area contributed by atoms with E-state index in [2.05, 4.69) is 64.3 Å². The van der Waals surface area contributed by atoms with E-state index in [1.807, 2.05) is 0 Å². The molecule has 4 aliphatic heterocycles. The molecule has 0 radical (unpaired) electrons. The molecule has 0 saturated carbocycles. The van der Waals surface area contributed by atoms with Crippen molar-refractivity contribution in [1.82, 2.24) is 40.0 Å². The number of hydrogen-bond donors (Lipinski definition) is 2. The second-order valence-corrected chi connectivity index (χ2v) is 12.0. The number of nitrogens with zero attached hydrogens (tertiary/aromatic N) is 6. The van der Waals surface area contributed by atoms with Crippen LogP contribution in [0, 0.1) is 0 Å². The smallest absolute Gasteiger partial charge is 0.0507 e. The molecule has 4 saturated heterocycles. The normalized spacial score (nSPS) is 31.8. The van der Waals surface area contributed by atoms with Crippen LogP contribution in [0.5, 0.6) is 0 Å². The molecule has 8 heteroatoms. The van der Waals surface area contributed by atoms with Gasteiger partial charge in [0.1, 0.15) is 0 Å². The van der Waals surface area contributed by atoms with Crippen molar-refractivity contribution < 1.29 is 0 Å². The van der Waals surface area contributed by atoms with E-state index < -0.39 is 0 Å². The van der Waals surface area contributed by atoms with Gasteiger partial charge in [-0.2, -0.15) is 0 Å². The lowest BCUT2D eigenvalue weighted by Gasteiger charge is -2.25. The maximum absolute atomic E-state index is 3.69. The molecule has 4 unspecified atom stereocenters. The fraction of sp³-hybridized carbons (Fsp3) is 0.800. The van der Waals surface area contributed by atoms with Crippen molar-refractivity contribution in [2.75, 3.05) is 118 Å². The molecule has 4 atom stereocenters. The van der Waals surface area contributed by atoms with Crippen LogP contribution < -0.4 is 10.6 Å². The highest BCUT2D eigenvalue weighted by molar-refractivity contribution is 5.22. The molecule has 0 aliphatic carbocycles. The van der Waals surface area contributed by atoms with Gasteiger partial charge in [-0.3, -0.25) is 29.4 Å². The summed E-state index contributed by atoms with van der Waals surface area (Å²) >= 11 is 0. The summed E-state index contributed by atoms with van der Waals surface area (Å²) in [4.78, 5) is 15.9. The third-order valence-electron chi connectivity index (χ3n) is 8.86. The monoisotopic (exact) mass is 526 g/mol. The summed E-state index contributed by atoms with van der Waals surface area (Å²) in [5, 5.41) is 7.38. The summed E-state index contributed by atoms with van der Waals surface area (Å²) in [6.45, 7) is 23.6. The minimum atomic E-state index is 1.06. The van der Waals surface area contributed by atoms with Crippen molar-refractivity contribution in [3.05, 3.63) is 35.4 Å². The van der Waals surface area contributed by atoms with E-state index in [0.717, 1.165) is 52.4 Å². The number of hydrogen-bond acceptors (Lipinski definition) is 8. The van der Waals surface area contributed by atoms with Crippen LogP contribution in [0.2, 0.25) is 0 Å². The highest BCUT2D eigenvalue weighted by atomic mass is 15.4. The molecule has 4 aliphatic rings. The number of benzene rings is 1. The van der Waals surface area contributed by atoms with Crippen LogP contribution in [0.3, 0.4) is 0 Å². The Kier molecular flexibility index (Phi) is 11.7. The molecule has 1 aromatic rings. The predicted molar refractivity (Wildman–Crippen MR) is 157 cm³/mol. The number of nitrogens with one attached hydrogen (secondary N) is 2. The summed E-state index contributed by atoms with van der Waals surface area (Å²) < 4.78 is 0. The van der Waals surface area contributed by atoms with Gasteiger partial charge in [-0.05, 0) is 63.0 Å². The molecule has 214 valence electrons. The van der Waals surface area contributed by atoms with Crippen LogP contribution in [0.15, 0.2) is 24.3 Å². The van der Waals surface area contributed by atoms with Crippen LogP contribution in [-0.2, 0) is 13.1 Å². The fourth-order valence-electron chi connectivity index (χ4n) is 6.57. The van der Waals surface area contributed by atoms with Gasteiger partial charge in [0.15, 0.2) is 0 Å². The Labute approximate surface area is 232 Å². The lowest BCUT2D eigenvalue weighted by atomic mass is 10.1. The Morgan fingerprint density at radius 3 is 1.24 bits per heavy atom. The van der Waals surface area contributed by atoms with Gasteiger partial charge >= 0.3 is 0 Å². The van der Waals surface area contributed by atoms with Crippen molar-refractivity contribution >= 4 is 0 Å². The molecule has 8 nitrogen and oxygen atoms in total. The Morgan fingerprint density at radius 1 is 0.421 bits per heavy atom. The summed E-state index contributed by atoms with van der Waals surface area (Å²) in [6.07, 6.45) is 5.06. The first kappa shape index (κ1) is 28.4. The van der Waals surface area contributed by atoms with Gasteiger partial charge in [0, 0.05) is 91.6 Å². The Bertz CT molecular complexity index is 724. The van der Waals surface area contributed by atoms with Gasteiger partial charge in [0.25, 0.3) is 0 Å². The van der Waals surface area contributed by atoms with Crippen molar-refractivity contribution in [1.29, 1.82) is 0 Å². The molecule has 1 aromatic carbocycles. The lowest BCUT2D eigenvalue weighted by molar-refractivity contribution is 0.219. The van der Waals surface area contributed by atoms with Gasteiger partial charge in [0.05, 0.1) is 13.3 Å². The second-order valence-electron chi connectivity index (χ2n) is 12.0. The molecular weight excluding hydrogens is 472 g/mol. The third-order valence-corrected chi connectivity index (χ3v) is 8.86. The Morgan fingerprint density at radius 2 is 0.816 bits per heavy atom. The minimum absolute atomic E-state index is 1.06. The SMILES string of the molecule is c1cc(CN2CCCN3CCN(CCCNCC2)C3)ccc1CN1CCCN2CCN(CCCNCC1)C2. The molecule has 0 spiro atoms. The van der Waals surface area contributed by atoms with Gasteiger partial charge in [-0.1, -0.05) is 24.3 Å². The van der Waals surface area contributed by atoms with Crippen LogP contribution in [0.1, 0.15) is 36.8 Å². The summed E-state index contributed by atoms with van der Waals surface area (Å²) in [7, 11) is 0. The second kappa shape index (κ2) is 15.6. The largest absolute Gasteiger partial charge is 0.315 e.